The molecule has 3 fully saturated rings. The van der Waals surface area contributed by atoms with Crippen molar-refractivity contribution < 1.29 is 19.1 Å². The van der Waals surface area contributed by atoms with Crippen LogP contribution in [0.15, 0.2) is 30.5 Å². The third-order valence-corrected chi connectivity index (χ3v) is 13.1. The Morgan fingerprint density at radius 2 is 1.88 bits per heavy atom. The molecule has 272 valence electrons. The number of aromatic nitrogens is 3. The van der Waals surface area contributed by atoms with Gasteiger partial charge in [-0.3, -0.25) is 14.6 Å². The van der Waals surface area contributed by atoms with Gasteiger partial charge in [0, 0.05) is 62.1 Å². The number of ketones is 1. The summed E-state index contributed by atoms with van der Waals surface area (Å²) in [7, 11) is 2.59. The van der Waals surface area contributed by atoms with Crippen molar-refractivity contribution in [3.05, 3.63) is 42.0 Å². The number of fused-ring (bicyclic) bond motifs is 1. The summed E-state index contributed by atoms with van der Waals surface area (Å²) < 4.78 is 14.6. The van der Waals surface area contributed by atoms with Crippen molar-refractivity contribution in [1.29, 1.82) is 0 Å². The Kier molecular flexibility index (Phi) is 11.5. The predicted molar refractivity (Wildman–Crippen MR) is 202 cm³/mol. The number of hydrogen-bond acceptors (Lipinski definition) is 7. The highest BCUT2D eigenvalue weighted by molar-refractivity contribution is 6.76. The molecule has 3 aliphatic rings. The number of piperidine rings is 1. The van der Waals surface area contributed by atoms with Crippen LogP contribution in [0.5, 0.6) is 5.75 Å². The molecule has 1 aromatic carbocycles. The third kappa shape index (κ3) is 8.85. The molecule has 6 rings (SSSR count). The van der Waals surface area contributed by atoms with Gasteiger partial charge in [0.1, 0.15) is 24.1 Å². The number of hydrogen-bond donors (Lipinski definition) is 1. The lowest BCUT2D eigenvalue weighted by Gasteiger charge is -2.30. The van der Waals surface area contributed by atoms with Crippen LogP contribution in [0.3, 0.4) is 0 Å². The summed E-state index contributed by atoms with van der Waals surface area (Å²) in [5, 5.41) is 4.56. The number of nitrogens with zero attached hydrogens (tertiary/aromatic N) is 4. The summed E-state index contributed by atoms with van der Waals surface area (Å²) in [6.45, 7) is 12.1. The van der Waals surface area contributed by atoms with Crippen molar-refractivity contribution in [3.63, 3.8) is 0 Å². The highest BCUT2D eigenvalue weighted by Crippen LogP contribution is 2.59. The first kappa shape index (κ1) is 36.7. The molecule has 1 N–H and O–H groups in total. The quantitative estimate of drug-likeness (QED) is 0.106. The summed E-state index contributed by atoms with van der Waals surface area (Å²) in [4.78, 5) is 38.4. The Bertz CT molecular complexity index is 1650. The molecule has 1 spiro atoms. The van der Waals surface area contributed by atoms with Crippen molar-refractivity contribution >= 4 is 30.7 Å². The van der Waals surface area contributed by atoms with Crippen LogP contribution < -0.4 is 10.1 Å². The minimum Gasteiger partial charge on any atom is -0.496 e. The topological polar surface area (TPSA) is 98.6 Å². The van der Waals surface area contributed by atoms with Gasteiger partial charge in [0.15, 0.2) is 0 Å². The molecule has 10 heteroatoms. The molecule has 3 heterocycles. The van der Waals surface area contributed by atoms with E-state index in [0.717, 1.165) is 104 Å². The predicted octanol–water partition coefficient (Wildman–Crippen LogP) is 8.12. The van der Waals surface area contributed by atoms with Crippen LogP contribution in [-0.2, 0) is 21.1 Å². The summed E-state index contributed by atoms with van der Waals surface area (Å²) in [5.74, 6) is 2.66. The number of benzene rings is 1. The number of nitrogens with one attached hydrogen (secondary N) is 1. The Morgan fingerprint density at radius 1 is 1.10 bits per heavy atom. The lowest BCUT2D eigenvalue weighted by Crippen LogP contribution is -2.36. The fraction of sp³-hybridized carbons (Fsp3) is 0.650. The maximum Gasteiger partial charge on any atom is 0.224 e. The largest absolute Gasteiger partial charge is 0.496 e. The lowest BCUT2D eigenvalue weighted by atomic mass is 9.91. The molecule has 0 bridgehead atoms. The smallest absolute Gasteiger partial charge is 0.224 e. The zero-order chi connectivity index (χ0) is 35.5. The number of ether oxygens (including phenoxy) is 2. The molecule has 2 aromatic heterocycles. The molecule has 1 amide bonds. The summed E-state index contributed by atoms with van der Waals surface area (Å²) in [6, 6.07) is 9.33. The number of amides is 1. The van der Waals surface area contributed by atoms with Crippen LogP contribution >= 0.6 is 0 Å². The van der Waals surface area contributed by atoms with Crippen molar-refractivity contribution in [3.8, 4) is 17.0 Å². The maximum atomic E-state index is 14.0. The minimum absolute atomic E-state index is 0.0605. The molecule has 2 atom stereocenters. The first-order valence-electron chi connectivity index (χ1n) is 19.1. The van der Waals surface area contributed by atoms with Crippen LogP contribution in [0, 0.1) is 11.3 Å². The van der Waals surface area contributed by atoms with E-state index < -0.39 is 8.07 Å². The van der Waals surface area contributed by atoms with Gasteiger partial charge in [-0.1, -0.05) is 45.5 Å². The number of Topliss-reactive ketones (excluding diaryl/α,β-unsaturated/α-hetero) is 1. The average Bonchev–Trinajstić information content (AvgIpc) is 4.02. The maximum absolute atomic E-state index is 14.0. The van der Waals surface area contributed by atoms with E-state index in [9.17, 15) is 9.59 Å². The first-order valence-corrected chi connectivity index (χ1v) is 22.8. The van der Waals surface area contributed by atoms with Gasteiger partial charge in [0.25, 0.3) is 0 Å². The van der Waals surface area contributed by atoms with Crippen LogP contribution in [0.4, 0.5) is 0 Å². The number of carbonyl (C=O) groups is 2. The van der Waals surface area contributed by atoms with Crippen molar-refractivity contribution in [2.75, 3.05) is 33.9 Å². The van der Waals surface area contributed by atoms with E-state index in [1.54, 1.807) is 7.11 Å². The van der Waals surface area contributed by atoms with Gasteiger partial charge in [-0.15, -0.1) is 0 Å². The number of likely N-dealkylation sites (tertiary alicyclic amines) is 1. The monoisotopic (exact) mass is 701 g/mol. The molecule has 9 nitrogen and oxygen atoms in total. The summed E-state index contributed by atoms with van der Waals surface area (Å²) in [6.07, 6.45) is 12.1. The molecule has 3 aromatic rings. The van der Waals surface area contributed by atoms with Gasteiger partial charge in [0.2, 0.25) is 5.91 Å². The Balaban J connectivity index is 1.30. The van der Waals surface area contributed by atoms with Gasteiger partial charge < -0.3 is 24.3 Å². The normalized spacial score (nSPS) is 19.5. The second-order valence-electron chi connectivity index (χ2n) is 16.5. The van der Waals surface area contributed by atoms with Crippen molar-refractivity contribution in [1.82, 2.24) is 24.8 Å². The fourth-order valence-corrected chi connectivity index (χ4v) is 8.35. The zero-order valence-corrected chi connectivity index (χ0v) is 32.4. The molecule has 2 saturated carbocycles. The number of pyridine rings is 1. The van der Waals surface area contributed by atoms with Crippen molar-refractivity contribution in [2.24, 2.45) is 11.3 Å². The molecular formula is C40H59N5O4Si. The Morgan fingerprint density at radius 3 is 2.58 bits per heavy atom. The van der Waals surface area contributed by atoms with Gasteiger partial charge >= 0.3 is 0 Å². The third-order valence-electron chi connectivity index (χ3n) is 11.4. The number of methoxy groups -OCH3 is 1. The number of carbonyl (C=O) groups excluding carboxylic acids is 2. The standard InChI is InChI=1S/C40H59N5O4Si/c1-7-30(46)11-9-8-10-12-34(43-39(47)32-25-40(32)17-19-44(2)20-18-40)38-41-26-36(45(38)27-49-21-22-50(4,5)6)31-23-29-15-16-33(28-13-14-28)42-35(29)24-37(31)48-3/h15-16,23-24,26,28,32,34H,7-14,17-22,25,27H2,1-6H3,(H,43,47)/t32-,34+/m1/s1. The van der Waals surface area contributed by atoms with E-state index in [1.165, 1.54) is 12.8 Å². The molecule has 2 aliphatic carbocycles. The zero-order valence-electron chi connectivity index (χ0n) is 31.4. The molecule has 0 radical (unpaired) electrons. The van der Waals surface area contributed by atoms with E-state index in [0.29, 0.717) is 37.9 Å². The van der Waals surface area contributed by atoms with Crippen molar-refractivity contribution in [2.45, 2.75) is 122 Å². The molecule has 50 heavy (non-hydrogen) atoms. The molecular weight excluding hydrogens is 643 g/mol. The summed E-state index contributed by atoms with van der Waals surface area (Å²) >= 11 is 0. The second-order valence-corrected chi connectivity index (χ2v) is 22.1. The molecule has 0 unspecified atom stereocenters. The molecule has 1 saturated heterocycles. The van der Waals surface area contributed by atoms with Crippen LogP contribution in [-0.4, -0.2) is 73.1 Å². The van der Waals surface area contributed by atoms with Gasteiger partial charge in [-0.05, 0) is 88.7 Å². The highest BCUT2D eigenvalue weighted by Gasteiger charge is 2.58. The lowest BCUT2D eigenvalue weighted by molar-refractivity contribution is -0.124. The second kappa shape index (κ2) is 15.7. The van der Waals surface area contributed by atoms with Crippen LogP contribution in [0.2, 0.25) is 25.7 Å². The van der Waals surface area contributed by atoms with E-state index in [2.05, 4.69) is 59.7 Å². The highest BCUT2D eigenvalue weighted by atomic mass is 28.3. The number of rotatable bonds is 18. The fourth-order valence-electron chi connectivity index (χ4n) is 7.59. The Labute approximate surface area is 299 Å². The van der Waals surface area contributed by atoms with Crippen LogP contribution in [0.25, 0.3) is 22.2 Å². The Hall–Kier alpha value is -3.08. The van der Waals surface area contributed by atoms with E-state index in [-0.39, 0.29) is 23.3 Å². The van der Waals surface area contributed by atoms with Gasteiger partial charge in [-0.2, -0.15) is 0 Å². The first-order chi connectivity index (χ1) is 24.0. The average molecular weight is 702 g/mol. The van der Waals surface area contributed by atoms with E-state index in [4.69, 9.17) is 19.4 Å². The van der Waals surface area contributed by atoms with Gasteiger partial charge in [0.05, 0.1) is 30.6 Å². The van der Waals surface area contributed by atoms with Crippen LogP contribution in [0.1, 0.15) is 101 Å². The number of imidazole rings is 1. The number of unbranched alkanes of at least 4 members (excludes halogenated alkanes) is 2. The summed E-state index contributed by atoms with van der Waals surface area (Å²) in [5.41, 5.74) is 4.08. The van der Waals surface area contributed by atoms with E-state index >= 15 is 0 Å². The minimum atomic E-state index is -1.29. The van der Waals surface area contributed by atoms with E-state index in [1.807, 2.05) is 19.2 Å². The van der Waals surface area contributed by atoms with Gasteiger partial charge in [-0.25, -0.2) is 4.98 Å². The SMILES string of the molecule is CCC(=O)CCCCC[C@H](NC(=O)[C@H]1CC12CCN(C)CC2)c1ncc(-c2cc3ccc(C4CC4)nc3cc2OC)n1COCC[Si](C)(C)C. The molecule has 1 aliphatic heterocycles.